The number of hydrogen-bond acceptors (Lipinski definition) is 4. The first-order valence-corrected chi connectivity index (χ1v) is 9.50. The molecule has 27 heavy (non-hydrogen) atoms. The number of anilines is 1. The van der Waals surface area contributed by atoms with Gasteiger partial charge in [0.15, 0.2) is 11.5 Å². The van der Waals surface area contributed by atoms with E-state index in [0.29, 0.717) is 50.5 Å². The maximum atomic E-state index is 12.9. The molecule has 0 unspecified atom stereocenters. The molecule has 7 heteroatoms. The number of methoxy groups -OCH3 is 2. The predicted octanol–water partition coefficient (Wildman–Crippen LogP) is 2.84. The summed E-state index contributed by atoms with van der Waals surface area (Å²) in [4.78, 5) is 30.7. The smallest absolute Gasteiger partial charge is 0.319 e. The lowest BCUT2D eigenvalue weighted by molar-refractivity contribution is -0.123. The molecule has 0 aliphatic carbocycles. The van der Waals surface area contributed by atoms with Crippen molar-refractivity contribution in [2.45, 2.75) is 26.7 Å². The second kappa shape index (κ2) is 9.48. The van der Waals surface area contributed by atoms with Crippen LogP contribution >= 0.6 is 0 Å². The van der Waals surface area contributed by atoms with Gasteiger partial charge in [-0.1, -0.05) is 0 Å². The molecule has 0 N–H and O–H groups in total. The van der Waals surface area contributed by atoms with Crippen molar-refractivity contribution in [2.75, 3.05) is 52.3 Å². The van der Waals surface area contributed by atoms with E-state index in [4.69, 9.17) is 9.47 Å². The van der Waals surface area contributed by atoms with Crippen LogP contribution in [0.25, 0.3) is 0 Å². The Kier molecular flexibility index (Phi) is 7.33. The van der Waals surface area contributed by atoms with Crippen LogP contribution in [0.5, 0.6) is 11.5 Å². The van der Waals surface area contributed by atoms with Gasteiger partial charge in [0, 0.05) is 50.9 Å². The van der Waals surface area contributed by atoms with E-state index in [0.717, 1.165) is 5.69 Å². The second-order valence-electron chi connectivity index (χ2n) is 6.65. The van der Waals surface area contributed by atoms with Crippen LogP contribution in [0.3, 0.4) is 0 Å². The predicted molar refractivity (Wildman–Crippen MR) is 106 cm³/mol. The van der Waals surface area contributed by atoms with Crippen molar-refractivity contribution in [3.05, 3.63) is 18.2 Å². The summed E-state index contributed by atoms with van der Waals surface area (Å²) in [7, 11) is 4.93. The summed E-state index contributed by atoms with van der Waals surface area (Å²) in [6, 6.07) is 5.51. The summed E-state index contributed by atoms with van der Waals surface area (Å²) in [6.45, 7) is 6.61. The van der Waals surface area contributed by atoms with E-state index >= 15 is 0 Å². The van der Waals surface area contributed by atoms with Crippen molar-refractivity contribution in [3.8, 4) is 11.5 Å². The van der Waals surface area contributed by atoms with Gasteiger partial charge in [-0.05, 0) is 38.8 Å². The van der Waals surface area contributed by atoms with Gasteiger partial charge in [-0.15, -0.1) is 0 Å². The minimum Gasteiger partial charge on any atom is -0.493 e. The summed E-state index contributed by atoms with van der Waals surface area (Å²) in [6.07, 6.45) is 1.37. The quantitative estimate of drug-likeness (QED) is 0.765. The first-order valence-electron chi connectivity index (χ1n) is 9.50. The number of nitrogens with zero attached hydrogens (tertiary/aromatic N) is 3. The summed E-state index contributed by atoms with van der Waals surface area (Å²) in [5.41, 5.74) is 0.763. The third kappa shape index (κ3) is 4.64. The van der Waals surface area contributed by atoms with Gasteiger partial charge < -0.3 is 24.2 Å². The van der Waals surface area contributed by atoms with E-state index in [1.165, 1.54) is 0 Å². The lowest BCUT2D eigenvalue weighted by Crippen LogP contribution is -2.48. The second-order valence-corrected chi connectivity index (χ2v) is 6.65. The Morgan fingerprint density at radius 2 is 1.67 bits per heavy atom. The first kappa shape index (κ1) is 20.9. The van der Waals surface area contributed by atoms with E-state index in [1.54, 1.807) is 38.3 Å². The molecule has 150 valence electrons. The fourth-order valence-electron chi connectivity index (χ4n) is 3.45. The Hall–Kier alpha value is -2.44. The molecule has 0 bridgehead atoms. The number of urea groups is 1. The number of carbonyl (C=O) groups is 2. The molecule has 0 atom stereocenters. The van der Waals surface area contributed by atoms with E-state index in [9.17, 15) is 9.59 Å². The van der Waals surface area contributed by atoms with Crippen LogP contribution in [0.2, 0.25) is 0 Å². The maximum absolute atomic E-state index is 12.9. The van der Waals surface area contributed by atoms with Gasteiger partial charge in [0.05, 0.1) is 14.2 Å². The Bertz CT molecular complexity index is 653. The van der Waals surface area contributed by atoms with Gasteiger partial charge in [0.1, 0.15) is 0 Å². The van der Waals surface area contributed by atoms with Crippen LogP contribution in [-0.4, -0.2) is 69.2 Å². The molecular formula is C20H31N3O4. The van der Waals surface area contributed by atoms with Crippen molar-refractivity contribution in [1.29, 1.82) is 0 Å². The summed E-state index contributed by atoms with van der Waals surface area (Å²) in [5, 5.41) is 0. The number of benzene rings is 1. The highest BCUT2D eigenvalue weighted by Gasteiger charge is 2.31. The van der Waals surface area contributed by atoms with Crippen LogP contribution in [-0.2, 0) is 4.79 Å². The van der Waals surface area contributed by atoms with E-state index in [2.05, 4.69) is 0 Å². The molecule has 7 nitrogen and oxygen atoms in total. The van der Waals surface area contributed by atoms with Crippen molar-refractivity contribution >= 4 is 17.6 Å². The molecule has 0 radical (unpaired) electrons. The van der Waals surface area contributed by atoms with Crippen molar-refractivity contribution < 1.29 is 19.1 Å². The normalized spacial score (nSPS) is 14.6. The molecule has 1 aliphatic rings. The number of piperidine rings is 1. The van der Waals surface area contributed by atoms with Crippen LogP contribution in [0.4, 0.5) is 10.5 Å². The Labute approximate surface area is 161 Å². The molecule has 2 rings (SSSR count). The molecule has 0 saturated carbocycles. The monoisotopic (exact) mass is 377 g/mol. The van der Waals surface area contributed by atoms with Gasteiger partial charge in [0.25, 0.3) is 0 Å². The average Bonchev–Trinajstić information content (AvgIpc) is 2.73. The SMILES string of the molecule is CCN(CC)C(=O)N1CCC(C(=O)N(C)c2ccc(OC)c(OC)c2)CC1. The molecule has 1 aromatic rings. The number of carbonyl (C=O) groups excluding carboxylic acids is 2. The van der Waals surface area contributed by atoms with Crippen molar-refractivity contribution in [2.24, 2.45) is 5.92 Å². The maximum Gasteiger partial charge on any atom is 0.319 e. The lowest BCUT2D eigenvalue weighted by Gasteiger charge is -2.35. The summed E-state index contributed by atoms with van der Waals surface area (Å²) >= 11 is 0. The van der Waals surface area contributed by atoms with Gasteiger partial charge >= 0.3 is 6.03 Å². The van der Waals surface area contributed by atoms with E-state index in [1.807, 2.05) is 29.7 Å². The average molecular weight is 377 g/mol. The highest BCUT2D eigenvalue weighted by atomic mass is 16.5. The molecule has 0 spiro atoms. The van der Waals surface area contributed by atoms with E-state index < -0.39 is 0 Å². The van der Waals surface area contributed by atoms with Crippen molar-refractivity contribution in [1.82, 2.24) is 9.80 Å². The first-order chi connectivity index (χ1) is 13.0. The van der Waals surface area contributed by atoms with Crippen LogP contribution in [0.15, 0.2) is 18.2 Å². The molecule has 1 heterocycles. The zero-order chi connectivity index (χ0) is 20.0. The zero-order valence-corrected chi connectivity index (χ0v) is 17.0. The Morgan fingerprint density at radius 1 is 1.07 bits per heavy atom. The molecule has 0 aromatic heterocycles. The Balaban J connectivity index is 2.00. The number of likely N-dealkylation sites (tertiary alicyclic amines) is 1. The van der Waals surface area contributed by atoms with Gasteiger partial charge in [0.2, 0.25) is 5.91 Å². The van der Waals surface area contributed by atoms with E-state index in [-0.39, 0.29) is 17.9 Å². The zero-order valence-electron chi connectivity index (χ0n) is 17.0. The fourth-order valence-corrected chi connectivity index (χ4v) is 3.45. The topological polar surface area (TPSA) is 62.3 Å². The minimum absolute atomic E-state index is 0.0668. The highest BCUT2D eigenvalue weighted by molar-refractivity contribution is 5.95. The largest absolute Gasteiger partial charge is 0.493 e. The fraction of sp³-hybridized carbons (Fsp3) is 0.600. The number of ether oxygens (including phenoxy) is 2. The van der Waals surface area contributed by atoms with Crippen LogP contribution in [0, 0.1) is 5.92 Å². The standard InChI is InChI=1S/C20H31N3O4/c1-6-22(7-2)20(25)23-12-10-15(11-13-23)19(24)21(3)16-8-9-17(26-4)18(14-16)27-5/h8-9,14-15H,6-7,10-13H2,1-5H3. The number of amides is 3. The lowest BCUT2D eigenvalue weighted by atomic mass is 9.95. The summed E-state index contributed by atoms with van der Waals surface area (Å²) < 4.78 is 10.6. The third-order valence-electron chi connectivity index (χ3n) is 5.23. The molecular weight excluding hydrogens is 346 g/mol. The number of hydrogen-bond donors (Lipinski definition) is 0. The van der Waals surface area contributed by atoms with Gasteiger partial charge in [-0.25, -0.2) is 4.79 Å². The van der Waals surface area contributed by atoms with Gasteiger partial charge in [-0.2, -0.15) is 0 Å². The molecule has 1 fully saturated rings. The minimum atomic E-state index is -0.0798. The molecule has 3 amide bonds. The molecule has 1 aliphatic heterocycles. The number of rotatable bonds is 6. The summed E-state index contributed by atoms with van der Waals surface area (Å²) in [5.74, 6) is 1.21. The third-order valence-corrected chi connectivity index (χ3v) is 5.23. The van der Waals surface area contributed by atoms with Crippen LogP contribution < -0.4 is 14.4 Å². The highest BCUT2D eigenvalue weighted by Crippen LogP contribution is 2.32. The Morgan fingerprint density at radius 3 is 2.19 bits per heavy atom. The molecule has 1 aromatic carbocycles. The molecule has 1 saturated heterocycles. The van der Waals surface area contributed by atoms with Crippen molar-refractivity contribution in [3.63, 3.8) is 0 Å². The van der Waals surface area contributed by atoms with Gasteiger partial charge in [-0.3, -0.25) is 4.79 Å². The van der Waals surface area contributed by atoms with Crippen LogP contribution in [0.1, 0.15) is 26.7 Å².